The smallest absolute Gasteiger partial charge is 0.410 e. The molecule has 0 fully saturated rings. The SMILES string of the molecule is [2H]C([2H])([2H])N(Cc1ccccc1Br)C(=O)OC(C)(C)C. The maximum Gasteiger partial charge on any atom is 0.410 e. The number of carbonyl (C=O) groups excluding carboxylic acids is 1. The first kappa shape index (κ1) is 9.95. The quantitative estimate of drug-likeness (QED) is 0.831. The first-order valence-electron chi connectivity index (χ1n) is 6.75. The molecule has 4 heteroatoms. The Bertz CT molecular complexity index is 483. The predicted molar refractivity (Wildman–Crippen MR) is 71.8 cm³/mol. The third-order valence-corrected chi connectivity index (χ3v) is 2.67. The topological polar surface area (TPSA) is 29.5 Å². The van der Waals surface area contributed by atoms with Gasteiger partial charge in [0.25, 0.3) is 0 Å². The molecular weight excluding hydrogens is 282 g/mol. The van der Waals surface area contributed by atoms with Gasteiger partial charge in [-0.1, -0.05) is 34.1 Å². The molecule has 0 aliphatic carbocycles. The van der Waals surface area contributed by atoms with E-state index in [4.69, 9.17) is 8.85 Å². The maximum absolute atomic E-state index is 12.0. The van der Waals surface area contributed by atoms with Crippen molar-refractivity contribution in [3.8, 4) is 0 Å². The summed E-state index contributed by atoms with van der Waals surface area (Å²) in [5, 5.41) is 0. The molecule has 1 aromatic carbocycles. The Hall–Kier alpha value is -1.03. The van der Waals surface area contributed by atoms with E-state index in [-0.39, 0.29) is 6.54 Å². The minimum atomic E-state index is -2.56. The Kier molecular flexibility index (Phi) is 3.24. The zero-order valence-corrected chi connectivity index (χ0v) is 11.7. The zero-order valence-electron chi connectivity index (χ0n) is 13.2. The van der Waals surface area contributed by atoms with Crippen LogP contribution in [0.15, 0.2) is 28.7 Å². The van der Waals surface area contributed by atoms with Crippen molar-refractivity contribution >= 4 is 22.0 Å². The van der Waals surface area contributed by atoms with Crippen LogP contribution in [-0.4, -0.2) is 23.6 Å². The van der Waals surface area contributed by atoms with Crippen molar-refractivity contribution in [2.75, 3.05) is 6.98 Å². The normalized spacial score (nSPS) is 14.5. The molecule has 3 nitrogen and oxygen atoms in total. The van der Waals surface area contributed by atoms with E-state index in [2.05, 4.69) is 15.9 Å². The number of hydrogen-bond donors (Lipinski definition) is 0. The molecule has 0 atom stereocenters. The predicted octanol–water partition coefficient (Wildman–Crippen LogP) is 3.82. The molecule has 94 valence electrons. The van der Waals surface area contributed by atoms with E-state index in [0.29, 0.717) is 5.56 Å². The first-order chi connectivity index (χ1) is 9.00. The van der Waals surface area contributed by atoms with Crippen LogP contribution >= 0.6 is 15.9 Å². The fourth-order valence-electron chi connectivity index (χ4n) is 1.18. The van der Waals surface area contributed by atoms with Crippen LogP contribution in [0.25, 0.3) is 0 Å². The molecule has 0 bridgehead atoms. The molecule has 0 radical (unpaired) electrons. The van der Waals surface area contributed by atoms with Crippen LogP contribution in [0.2, 0.25) is 0 Å². The van der Waals surface area contributed by atoms with Gasteiger partial charge in [-0.05, 0) is 32.4 Å². The fourth-order valence-corrected chi connectivity index (χ4v) is 1.59. The highest BCUT2D eigenvalue weighted by atomic mass is 79.9. The summed E-state index contributed by atoms with van der Waals surface area (Å²) in [6.07, 6.45) is -0.853. The van der Waals surface area contributed by atoms with Gasteiger partial charge in [-0.15, -0.1) is 0 Å². The van der Waals surface area contributed by atoms with Gasteiger partial charge >= 0.3 is 6.09 Å². The van der Waals surface area contributed by atoms with Gasteiger partial charge in [0.1, 0.15) is 5.60 Å². The Morgan fingerprint density at radius 1 is 1.47 bits per heavy atom. The second-order valence-electron chi connectivity index (χ2n) is 4.66. The lowest BCUT2D eigenvalue weighted by molar-refractivity contribution is 0.0285. The summed E-state index contributed by atoms with van der Waals surface area (Å²) >= 11 is 3.34. The Morgan fingerprint density at radius 3 is 2.65 bits per heavy atom. The minimum Gasteiger partial charge on any atom is -0.444 e. The molecule has 1 amide bonds. The van der Waals surface area contributed by atoms with Gasteiger partial charge in [-0.2, -0.15) is 0 Å². The van der Waals surface area contributed by atoms with Crippen molar-refractivity contribution < 1.29 is 13.6 Å². The average molecular weight is 303 g/mol. The maximum atomic E-state index is 12.0. The summed E-state index contributed by atoms with van der Waals surface area (Å²) < 4.78 is 28.4. The monoisotopic (exact) mass is 302 g/mol. The third-order valence-electron chi connectivity index (χ3n) is 1.90. The van der Waals surface area contributed by atoms with Crippen molar-refractivity contribution in [1.29, 1.82) is 0 Å². The Balaban J connectivity index is 2.98. The number of ether oxygens (including phenoxy) is 1. The van der Waals surface area contributed by atoms with E-state index in [9.17, 15) is 4.79 Å². The molecule has 0 saturated carbocycles. The van der Waals surface area contributed by atoms with Crippen molar-refractivity contribution in [3.63, 3.8) is 0 Å². The molecule has 17 heavy (non-hydrogen) atoms. The Morgan fingerprint density at radius 2 is 2.12 bits per heavy atom. The van der Waals surface area contributed by atoms with E-state index in [1.165, 1.54) is 0 Å². The number of amides is 1. The number of halogens is 1. The summed E-state index contributed by atoms with van der Waals surface area (Å²) in [5.74, 6) is 0. The molecule has 0 aliphatic rings. The average Bonchev–Trinajstić information content (AvgIpc) is 2.23. The first-order valence-corrected chi connectivity index (χ1v) is 6.04. The molecule has 0 aromatic heterocycles. The Labute approximate surface area is 115 Å². The molecule has 1 aromatic rings. The van der Waals surface area contributed by atoms with Gasteiger partial charge in [0.05, 0.1) is 0 Å². The lowest BCUT2D eigenvalue weighted by Crippen LogP contribution is -2.33. The van der Waals surface area contributed by atoms with Crippen LogP contribution in [0.4, 0.5) is 4.79 Å². The summed E-state index contributed by atoms with van der Waals surface area (Å²) in [6.45, 7) is 2.48. The molecule has 0 N–H and O–H groups in total. The zero-order chi connectivity index (χ0) is 15.6. The molecule has 0 spiro atoms. The summed E-state index contributed by atoms with van der Waals surface area (Å²) in [7, 11) is 0. The molecular formula is C13H18BrNO2. The fraction of sp³-hybridized carbons (Fsp3) is 0.462. The number of carbonyl (C=O) groups is 1. The van der Waals surface area contributed by atoms with Crippen molar-refractivity contribution in [1.82, 2.24) is 4.90 Å². The molecule has 0 aliphatic heterocycles. The molecule has 0 unspecified atom stereocenters. The summed E-state index contributed by atoms with van der Waals surface area (Å²) in [5.41, 5.74) is -0.0383. The van der Waals surface area contributed by atoms with E-state index in [1.807, 2.05) is 6.07 Å². The second-order valence-corrected chi connectivity index (χ2v) is 5.51. The highest BCUT2D eigenvalue weighted by molar-refractivity contribution is 9.10. The number of benzene rings is 1. The number of hydrogen-bond acceptors (Lipinski definition) is 2. The number of rotatable bonds is 2. The van der Waals surface area contributed by atoms with Gasteiger partial charge in [-0.3, -0.25) is 0 Å². The standard InChI is InChI=1S/C13H18BrNO2/c1-13(2,3)17-12(16)15(4)9-10-7-5-6-8-11(10)14/h5-8H,9H2,1-4H3/i4D3. The van der Waals surface area contributed by atoms with Crippen LogP contribution in [0.1, 0.15) is 30.4 Å². The minimum absolute atomic E-state index is 0.0488. The summed E-state index contributed by atoms with van der Waals surface area (Å²) in [4.78, 5) is 12.8. The van der Waals surface area contributed by atoms with E-state index < -0.39 is 18.7 Å². The second kappa shape index (κ2) is 5.54. The third kappa shape index (κ3) is 4.77. The van der Waals surface area contributed by atoms with E-state index >= 15 is 0 Å². The summed E-state index contributed by atoms with van der Waals surface area (Å²) in [6, 6.07) is 7.16. The molecule has 0 heterocycles. The highest BCUT2D eigenvalue weighted by Crippen LogP contribution is 2.18. The van der Waals surface area contributed by atoms with Gasteiger partial charge in [0, 0.05) is 22.1 Å². The largest absolute Gasteiger partial charge is 0.444 e. The van der Waals surface area contributed by atoms with Crippen molar-refractivity contribution in [2.24, 2.45) is 0 Å². The number of nitrogens with zero attached hydrogens (tertiary/aromatic N) is 1. The van der Waals surface area contributed by atoms with Crippen LogP contribution < -0.4 is 0 Å². The lowest BCUT2D eigenvalue weighted by Gasteiger charge is -2.24. The van der Waals surface area contributed by atoms with Crippen LogP contribution in [0.5, 0.6) is 0 Å². The van der Waals surface area contributed by atoms with Crippen molar-refractivity contribution in [2.45, 2.75) is 32.9 Å². The van der Waals surface area contributed by atoms with Gasteiger partial charge < -0.3 is 9.64 Å². The van der Waals surface area contributed by atoms with E-state index in [1.54, 1.807) is 39.0 Å². The van der Waals surface area contributed by atoms with Gasteiger partial charge in [-0.25, -0.2) is 4.79 Å². The van der Waals surface area contributed by atoms with Crippen LogP contribution in [0.3, 0.4) is 0 Å². The molecule has 1 rings (SSSR count). The van der Waals surface area contributed by atoms with Gasteiger partial charge in [0.15, 0.2) is 0 Å². The van der Waals surface area contributed by atoms with Crippen LogP contribution in [-0.2, 0) is 11.3 Å². The highest BCUT2D eigenvalue weighted by Gasteiger charge is 2.19. The van der Waals surface area contributed by atoms with Crippen LogP contribution in [0, 0.1) is 0 Å². The van der Waals surface area contributed by atoms with Crippen molar-refractivity contribution in [3.05, 3.63) is 34.3 Å². The lowest BCUT2D eigenvalue weighted by atomic mass is 10.2. The van der Waals surface area contributed by atoms with E-state index in [0.717, 1.165) is 9.37 Å². The molecule has 0 saturated heterocycles. The van der Waals surface area contributed by atoms with Gasteiger partial charge in [0.2, 0.25) is 0 Å².